The van der Waals surface area contributed by atoms with Crippen molar-refractivity contribution in [3.05, 3.63) is 18.2 Å². The Balaban J connectivity index is 1.67. The van der Waals surface area contributed by atoms with E-state index in [-0.39, 0.29) is 35.2 Å². The normalized spacial score (nSPS) is 18.2. The number of benzene rings is 1. The fraction of sp³-hybridized carbons (Fsp3) is 0.526. The highest BCUT2D eigenvalue weighted by molar-refractivity contribution is 7.89. The maximum absolute atomic E-state index is 12.6. The third kappa shape index (κ3) is 3.99. The molecule has 1 aromatic carbocycles. The van der Waals surface area contributed by atoms with E-state index in [2.05, 4.69) is 10.6 Å². The molecule has 1 aliphatic carbocycles. The number of methoxy groups -OCH3 is 1. The van der Waals surface area contributed by atoms with Crippen LogP contribution in [0.25, 0.3) is 0 Å². The van der Waals surface area contributed by atoms with Crippen molar-refractivity contribution in [3.63, 3.8) is 0 Å². The second-order valence-corrected chi connectivity index (χ2v) is 9.75. The van der Waals surface area contributed by atoms with Crippen LogP contribution in [-0.4, -0.2) is 68.8 Å². The number of urea groups is 1. The first-order valence-corrected chi connectivity index (χ1v) is 11.1. The minimum Gasteiger partial charge on any atom is -0.495 e. The molecule has 1 aromatic rings. The van der Waals surface area contributed by atoms with Crippen molar-refractivity contribution < 1.29 is 27.5 Å². The highest BCUT2D eigenvalue weighted by atomic mass is 32.2. The van der Waals surface area contributed by atoms with E-state index < -0.39 is 27.5 Å². The molecule has 2 N–H and O–H groups in total. The number of hydrogen-bond donors (Lipinski definition) is 2. The number of imide groups is 1. The number of sulfonamides is 1. The molecule has 10 nitrogen and oxygen atoms in total. The summed E-state index contributed by atoms with van der Waals surface area (Å²) >= 11 is 0. The van der Waals surface area contributed by atoms with Gasteiger partial charge in [0.2, 0.25) is 15.9 Å². The number of carbonyl (C=O) groups excluding carboxylic acids is 3. The lowest BCUT2D eigenvalue weighted by Crippen LogP contribution is -2.44. The number of anilines is 1. The van der Waals surface area contributed by atoms with Gasteiger partial charge in [-0.2, -0.15) is 0 Å². The van der Waals surface area contributed by atoms with Gasteiger partial charge in [-0.1, -0.05) is 12.8 Å². The van der Waals surface area contributed by atoms with Gasteiger partial charge in [0.05, 0.1) is 7.11 Å². The van der Waals surface area contributed by atoms with Crippen LogP contribution in [-0.2, 0) is 19.6 Å². The molecule has 1 saturated heterocycles. The lowest BCUT2D eigenvalue weighted by atomic mass is 9.98. The molecule has 3 rings (SSSR count). The highest BCUT2D eigenvalue weighted by Gasteiger charge is 2.52. The summed E-state index contributed by atoms with van der Waals surface area (Å²) in [4.78, 5) is 38.2. The number of carbonyl (C=O) groups is 3. The third-order valence-corrected chi connectivity index (χ3v) is 7.31. The van der Waals surface area contributed by atoms with Crippen molar-refractivity contribution >= 4 is 33.6 Å². The summed E-state index contributed by atoms with van der Waals surface area (Å²) in [6, 6.07) is 3.81. The summed E-state index contributed by atoms with van der Waals surface area (Å²) in [5.74, 6) is -0.564. The van der Waals surface area contributed by atoms with Gasteiger partial charge >= 0.3 is 6.03 Å². The quantitative estimate of drug-likeness (QED) is 0.615. The minimum atomic E-state index is -3.78. The summed E-state index contributed by atoms with van der Waals surface area (Å²) < 4.78 is 31.1. The van der Waals surface area contributed by atoms with Crippen LogP contribution in [0.2, 0.25) is 0 Å². The van der Waals surface area contributed by atoms with Gasteiger partial charge < -0.3 is 15.4 Å². The zero-order valence-electron chi connectivity index (χ0n) is 17.2. The zero-order valence-corrected chi connectivity index (χ0v) is 18.0. The first kappa shape index (κ1) is 22.0. The van der Waals surface area contributed by atoms with Crippen molar-refractivity contribution in [3.8, 4) is 5.75 Å². The number of amides is 4. The monoisotopic (exact) mass is 438 g/mol. The summed E-state index contributed by atoms with van der Waals surface area (Å²) in [5, 5.41) is 5.38. The first-order chi connectivity index (χ1) is 14.1. The molecule has 1 heterocycles. The summed E-state index contributed by atoms with van der Waals surface area (Å²) in [6.45, 7) is -0.0444. The van der Waals surface area contributed by atoms with Gasteiger partial charge in [-0.05, 0) is 31.0 Å². The molecule has 0 aromatic heterocycles. The van der Waals surface area contributed by atoms with Crippen molar-refractivity contribution in [2.24, 2.45) is 0 Å². The van der Waals surface area contributed by atoms with Gasteiger partial charge in [0.25, 0.3) is 5.91 Å². The maximum atomic E-state index is 12.6. The van der Waals surface area contributed by atoms with Crippen molar-refractivity contribution in [2.75, 3.05) is 33.1 Å². The summed E-state index contributed by atoms with van der Waals surface area (Å²) in [6.07, 6.45) is 2.91. The van der Waals surface area contributed by atoms with E-state index in [1.54, 1.807) is 0 Å². The largest absolute Gasteiger partial charge is 0.495 e. The smallest absolute Gasteiger partial charge is 0.325 e. The second kappa shape index (κ2) is 8.23. The molecule has 1 saturated carbocycles. The Morgan fingerprint density at radius 3 is 2.53 bits per heavy atom. The molecular formula is C19H26N4O6S. The fourth-order valence-electron chi connectivity index (χ4n) is 3.79. The zero-order chi connectivity index (χ0) is 22.1. The van der Waals surface area contributed by atoms with E-state index in [1.165, 1.54) is 39.4 Å². The molecule has 0 radical (unpaired) electrons. The molecule has 0 bridgehead atoms. The summed E-state index contributed by atoms with van der Waals surface area (Å²) in [7, 11) is 0.375. The topological polar surface area (TPSA) is 125 Å². The minimum absolute atomic E-state index is 0.0444. The molecule has 0 atom stereocenters. The number of hydrogen-bond acceptors (Lipinski definition) is 6. The van der Waals surface area contributed by atoms with Crippen LogP contribution in [0.1, 0.15) is 32.1 Å². The van der Waals surface area contributed by atoms with Crippen LogP contribution in [0.15, 0.2) is 23.1 Å². The molecule has 0 unspecified atom stereocenters. The van der Waals surface area contributed by atoms with Crippen LogP contribution < -0.4 is 15.4 Å². The summed E-state index contributed by atoms with van der Waals surface area (Å²) in [5.41, 5.74) is -0.537. The van der Waals surface area contributed by atoms with Crippen LogP contribution in [0.4, 0.5) is 10.5 Å². The predicted molar refractivity (Wildman–Crippen MR) is 109 cm³/mol. The first-order valence-electron chi connectivity index (χ1n) is 9.65. The molecule has 1 spiro atoms. The van der Waals surface area contributed by atoms with Gasteiger partial charge in [0, 0.05) is 32.7 Å². The van der Waals surface area contributed by atoms with E-state index in [1.807, 2.05) is 0 Å². The molecule has 2 aliphatic rings. The van der Waals surface area contributed by atoms with E-state index in [0.717, 1.165) is 22.0 Å². The molecule has 11 heteroatoms. The van der Waals surface area contributed by atoms with Crippen LogP contribution in [0.3, 0.4) is 0 Å². The molecule has 30 heavy (non-hydrogen) atoms. The Hall–Kier alpha value is -2.66. The predicted octanol–water partition coefficient (Wildman–Crippen LogP) is 1.14. The molecule has 1 aliphatic heterocycles. The third-order valence-electron chi connectivity index (χ3n) is 5.47. The number of ether oxygens (including phenoxy) is 1. The van der Waals surface area contributed by atoms with Crippen molar-refractivity contribution in [1.82, 2.24) is 14.5 Å². The van der Waals surface area contributed by atoms with E-state index in [9.17, 15) is 22.8 Å². The lowest BCUT2D eigenvalue weighted by molar-refractivity contribution is -0.131. The SMILES string of the molecule is COc1ccc(NC(=O)CCN2C(=O)NC3(CCCC3)C2=O)cc1S(=O)(=O)N(C)C. The lowest BCUT2D eigenvalue weighted by Gasteiger charge is -2.20. The Kier molecular flexibility index (Phi) is 6.04. The van der Waals surface area contributed by atoms with E-state index in [0.29, 0.717) is 12.8 Å². The Bertz CT molecular complexity index is 969. The average molecular weight is 439 g/mol. The molecule has 2 fully saturated rings. The van der Waals surface area contributed by atoms with Gasteiger partial charge in [-0.3, -0.25) is 14.5 Å². The molecule has 4 amide bonds. The Labute approximate surface area is 175 Å². The van der Waals surface area contributed by atoms with Gasteiger partial charge in [-0.15, -0.1) is 0 Å². The Morgan fingerprint density at radius 1 is 1.27 bits per heavy atom. The molecular weight excluding hydrogens is 412 g/mol. The maximum Gasteiger partial charge on any atom is 0.325 e. The van der Waals surface area contributed by atoms with Crippen LogP contribution in [0.5, 0.6) is 5.75 Å². The number of nitrogens with one attached hydrogen (secondary N) is 2. The van der Waals surface area contributed by atoms with Crippen LogP contribution in [0, 0.1) is 0 Å². The number of nitrogens with zero attached hydrogens (tertiary/aromatic N) is 2. The van der Waals surface area contributed by atoms with Crippen LogP contribution >= 0.6 is 0 Å². The Morgan fingerprint density at radius 2 is 1.93 bits per heavy atom. The highest BCUT2D eigenvalue weighted by Crippen LogP contribution is 2.35. The van der Waals surface area contributed by atoms with E-state index >= 15 is 0 Å². The van der Waals surface area contributed by atoms with Gasteiger partial charge in [0.1, 0.15) is 16.2 Å². The second-order valence-electron chi connectivity index (χ2n) is 7.63. The van der Waals surface area contributed by atoms with Crippen molar-refractivity contribution in [2.45, 2.75) is 42.5 Å². The average Bonchev–Trinajstić information content (AvgIpc) is 3.25. The van der Waals surface area contributed by atoms with Gasteiger partial charge in [0.15, 0.2) is 0 Å². The van der Waals surface area contributed by atoms with Crippen molar-refractivity contribution in [1.29, 1.82) is 0 Å². The standard InChI is InChI=1S/C19H26N4O6S/c1-22(2)30(27,28)15-12-13(6-7-14(15)29-3)20-16(24)8-11-23-17(25)19(21-18(23)26)9-4-5-10-19/h6-7,12H,4-5,8-11H2,1-3H3,(H,20,24)(H,21,26). The molecule has 164 valence electrons. The number of rotatable bonds is 7. The van der Waals surface area contributed by atoms with E-state index in [4.69, 9.17) is 4.74 Å². The van der Waals surface area contributed by atoms with Gasteiger partial charge in [-0.25, -0.2) is 17.5 Å². The fourth-order valence-corrected chi connectivity index (χ4v) is 4.86.